The second-order valence-electron chi connectivity index (χ2n) is 3.89. The lowest BCUT2D eigenvalue weighted by molar-refractivity contribution is 0.562. The van der Waals surface area contributed by atoms with E-state index < -0.39 is 0 Å². The minimum Gasteiger partial charge on any atom is -0.472 e. The van der Waals surface area contributed by atoms with E-state index in [-0.39, 0.29) is 6.04 Å². The third-order valence-corrected chi connectivity index (χ3v) is 3.45. The highest BCUT2D eigenvalue weighted by Crippen LogP contribution is 2.24. The van der Waals surface area contributed by atoms with Crippen LogP contribution in [-0.2, 0) is 0 Å². The van der Waals surface area contributed by atoms with Crippen molar-refractivity contribution < 1.29 is 4.42 Å². The van der Waals surface area contributed by atoms with Crippen molar-refractivity contribution in [1.82, 2.24) is 0 Å². The van der Waals surface area contributed by atoms with E-state index in [1.807, 2.05) is 6.07 Å². The summed E-state index contributed by atoms with van der Waals surface area (Å²) in [5.41, 5.74) is 3.49. The van der Waals surface area contributed by atoms with Gasteiger partial charge in [-0.1, -0.05) is 22.0 Å². The van der Waals surface area contributed by atoms with Gasteiger partial charge in [0.05, 0.1) is 18.6 Å². The van der Waals surface area contributed by atoms with E-state index in [9.17, 15) is 0 Å². The Morgan fingerprint density at radius 2 is 2.12 bits per heavy atom. The quantitative estimate of drug-likeness (QED) is 0.894. The molecule has 3 heteroatoms. The second kappa shape index (κ2) is 4.74. The summed E-state index contributed by atoms with van der Waals surface area (Å²) in [5, 5.41) is 3.42. The topological polar surface area (TPSA) is 25.2 Å². The lowest BCUT2D eigenvalue weighted by atomic mass is 10.1. The lowest BCUT2D eigenvalue weighted by Gasteiger charge is -2.14. The van der Waals surface area contributed by atoms with Gasteiger partial charge in [-0.15, -0.1) is 0 Å². The number of benzene rings is 1. The minimum atomic E-state index is 0.244. The van der Waals surface area contributed by atoms with Crippen molar-refractivity contribution in [3.63, 3.8) is 0 Å². The first-order valence-corrected chi connectivity index (χ1v) is 6.01. The molecule has 0 bridgehead atoms. The molecule has 1 heterocycles. The monoisotopic (exact) mass is 279 g/mol. The largest absolute Gasteiger partial charge is 0.472 e. The van der Waals surface area contributed by atoms with E-state index in [1.165, 1.54) is 5.56 Å². The molecule has 16 heavy (non-hydrogen) atoms. The van der Waals surface area contributed by atoms with Crippen LogP contribution in [0.2, 0.25) is 0 Å². The molecule has 2 aromatic rings. The Morgan fingerprint density at radius 3 is 2.75 bits per heavy atom. The third-order valence-electron chi connectivity index (χ3n) is 2.60. The molecule has 0 saturated carbocycles. The SMILES string of the molecule is Cc1ccc(NC(C)c2ccoc2)cc1Br. The van der Waals surface area contributed by atoms with Crippen molar-refractivity contribution in [1.29, 1.82) is 0 Å². The Kier molecular flexibility index (Phi) is 3.34. The summed E-state index contributed by atoms with van der Waals surface area (Å²) in [5.74, 6) is 0. The summed E-state index contributed by atoms with van der Waals surface area (Å²) < 4.78 is 6.19. The van der Waals surface area contributed by atoms with Crippen LogP contribution in [0, 0.1) is 6.92 Å². The molecule has 1 unspecified atom stereocenters. The van der Waals surface area contributed by atoms with Crippen LogP contribution >= 0.6 is 15.9 Å². The molecular weight excluding hydrogens is 266 g/mol. The van der Waals surface area contributed by atoms with E-state index in [2.05, 4.69) is 53.3 Å². The van der Waals surface area contributed by atoms with Gasteiger partial charge in [-0.3, -0.25) is 0 Å². The molecule has 0 aliphatic heterocycles. The van der Waals surface area contributed by atoms with Gasteiger partial charge in [-0.05, 0) is 37.6 Å². The maximum absolute atomic E-state index is 5.07. The average molecular weight is 280 g/mol. The van der Waals surface area contributed by atoms with Crippen LogP contribution in [0.15, 0.2) is 45.7 Å². The summed E-state index contributed by atoms with van der Waals surface area (Å²) in [6.45, 7) is 4.19. The number of anilines is 1. The van der Waals surface area contributed by atoms with Gasteiger partial charge in [0.25, 0.3) is 0 Å². The third kappa shape index (κ3) is 2.47. The number of halogens is 1. The molecule has 0 saturated heterocycles. The fourth-order valence-corrected chi connectivity index (χ4v) is 1.92. The Hall–Kier alpha value is -1.22. The zero-order valence-electron chi connectivity index (χ0n) is 9.33. The molecule has 1 N–H and O–H groups in total. The molecule has 0 fully saturated rings. The van der Waals surface area contributed by atoms with Crippen LogP contribution in [0.25, 0.3) is 0 Å². The number of furan rings is 1. The van der Waals surface area contributed by atoms with Gasteiger partial charge in [0, 0.05) is 15.7 Å². The molecule has 0 amide bonds. The molecule has 0 radical (unpaired) electrons. The normalized spacial score (nSPS) is 12.4. The summed E-state index contributed by atoms with van der Waals surface area (Å²) in [7, 11) is 0. The van der Waals surface area contributed by atoms with E-state index >= 15 is 0 Å². The van der Waals surface area contributed by atoms with E-state index in [0.29, 0.717) is 0 Å². The van der Waals surface area contributed by atoms with Gasteiger partial charge in [0.1, 0.15) is 0 Å². The first kappa shape index (κ1) is 11.3. The molecule has 0 spiro atoms. The molecule has 0 aliphatic carbocycles. The number of nitrogens with one attached hydrogen (secondary N) is 1. The zero-order chi connectivity index (χ0) is 11.5. The minimum absolute atomic E-state index is 0.244. The fourth-order valence-electron chi connectivity index (χ4n) is 1.54. The van der Waals surface area contributed by atoms with Gasteiger partial charge < -0.3 is 9.73 Å². The van der Waals surface area contributed by atoms with Crippen molar-refractivity contribution in [3.05, 3.63) is 52.4 Å². The first-order valence-electron chi connectivity index (χ1n) is 5.21. The lowest BCUT2D eigenvalue weighted by Crippen LogP contribution is -2.05. The van der Waals surface area contributed by atoms with Crippen molar-refractivity contribution >= 4 is 21.6 Å². The number of hydrogen-bond acceptors (Lipinski definition) is 2. The van der Waals surface area contributed by atoms with Crippen molar-refractivity contribution in [2.75, 3.05) is 5.32 Å². The smallest absolute Gasteiger partial charge is 0.0955 e. The molecule has 0 aliphatic rings. The van der Waals surface area contributed by atoms with Crippen molar-refractivity contribution in [3.8, 4) is 0 Å². The summed E-state index contributed by atoms with van der Waals surface area (Å²) >= 11 is 3.53. The highest BCUT2D eigenvalue weighted by atomic mass is 79.9. The number of hydrogen-bond donors (Lipinski definition) is 1. The zero-order valence-corrected chi connectivity index (χ0v) is 10.9. The molecule has 1 aromatic heterocycles. The van der Waals surface area contributed by atoms with Crippen molar-refractivity contribution in [2.24, 2.45) is 0 Å². The van der Waals surface area contributed by atoms with Crippen molar-refractivity contribution in [2.45, 2.75) is 19.9 Å². The standard InChI is InChI=1S/C13H14BrNO/c1-9-3-4-12(7-13(9)14)15-10(2)11-5-6-16-8-11/h3-8,10,15H,1-2H3. The van der Waals surface area contributed by atoms with Gasteiger partial charge in [0.15, 0.2) is 0 Å². The van der Waals surface area contributed by atoms with Crippen LogP contribution in [-0.4, -0.2) is 0 Å². The van der Waals surface area contributed by atoms with Crippen LogP contribution in [0.3, 0.4) is 0 Å². The second-order valence-corrected chi connectivity index (χ2v) is 4.74. The molecule has 2 nitrogen and oxygen atoms in total. The summed E-state index contributed by atoms with van der Waals surface area (Å²) in [4.78, 5) is 0. The molecule has 1 atom stereocenters. The summed E-state index contributed by atoms with van der Waals surface area (Å²) in [6, 6.07) is 8.48. The van der Waals surface area contributed by atoms with E-state index in [4.69, 9.17) is 4.42 Å². The highest BCUT2D eigenvalue weighted by molar-refractivity contribution is 9.10. The molecule has 1 aromatic carbocycles. The Labute approximate surface area is 104 Å². The average Bonchev–Trinajstić information content (AvgIpc) is 2.77. The van der Waals surface area contributed by atoms with Gasteiger partial charge in [-0.2, -0.15) is 0 Å². The highest BCUT2D eigenvalue weighted by Gasteiger charge is 2.06. The molecular formula is C13H14BrNO. The van der Waals surface area contributed by atoms with Gasteiger partial charge in [0.2, 0.25) is 0 Å². The predicted octanol–water partition coefficient (Wildman–Crippen LogP) is 4.52. The van der Waals surface area contributed by atoms with E-state index in [1.54, 1.807) is 12.5 Å². The van der Waals surface area contributed by atoms with Crippen LogP contribution in [0.5, 0.6) is 0 Å². The van der Waals surface area contributed by atoms with Gasteiger partial charge in [-0.25, -0.2) is 0 Å². The fraction of sp³-hybridized carbons (Fsp3) is 0.231. The van der Waals surface area contributed by atoms with Crippen LogP contribution in [0.4, 0.5) is 5.69 Å². The maximum atomic E-state index is 5.07. The Balaban J connectivity index is 2.12. The molecule has 84 valence electrons. The summed E-state index contributed by atoms with van der Waals surface area (Å²) in [6.07, 6.45) is 3.46. The Morgan fingerprint density at radius 1 is 1.31 bits per heavy atom. The number of rotatable bonds is 3. The number of aryl methyl sites for hydroxylation is 1. The van der Waals surface area contributed by atoms with E-state index in [0.717, 1.165) is 15.7 Å². The van der Waals surface area contributed by atoms with Gasteiger partial charge >= 0.3 is 0 Å². The maximum Gasteiger partial charge on any atom is 0.0955 e. The Bertz CT molecular complexity index is 465. The van der Waals surface area contributed by atoms with Crippen LogP contribution < -0.4 is 5.32 Å². The first-order chi connectivity index (χ1) is 7.66. The van der Waals surface area contributed by atoms with Crippen LogP contribution in [0.1, 0.15) is 24.1 Å². The molecule has 2 rings (SSSR count). The predicted molar refractivity (Wildman–Crippen MR) is 69.6 cm³/mol.